The van der Waals surface area contributed by atoms with Gasteiger partial charge in [-0.05, 0) is 18.6 Å². The molecule has 0 unspecified atom stereocenters. The van der Waals surface area contributed by atoms with E-state index >= 15 is 0 Å². The van der Waals surface area contributed by atoms with Gasteiger partial charge >= 0.3 is 0 Å². The number of aryl methyl sites for hydroxylation is 1. The second-order valence-corrected chi connectivity index (χ2v) is 5.62. The summed E-state index contributed by atoms with van der Waals surface area (Å²) >= 11 is 0. The van der Waals surface area contributed by atoms with Gasteiger partial charge in [-0.2, -0.15) is 0 Å². The van der Waals surface area contributed by atoms with Crippen molar-refractivity contribution in [1.82, 2.24) is 4.57 Å². The Labute approximate surface area is 129 Å². The number of pyridine rings is 1. The van der Waals surface area contributed by atoms with Crippen LogP contribution in [0, 0.1) is 0 Å². The number of phenols is 1. The number of phenolic OH excluding ortho intramolecular Hbond substituents is 1. The first kappa shape index (κ1) is 16.2. The van der Waals surface area contributed by atoms with Crippen molar-refractivity contribution in [2.75, 3.05) is 0 Å². The van der Waals surface area contributed by atoms with E-state index in [-0.39, 0.29) is 5.75 Å². The molecule has 0 saturated heterocycles. The predicted molar refractivity (Wildman–Crippen MR) is 86.6 cm³/mol. The Bertz CT molecular complexity index is 706. The zero-order valence-electron chi connectivity index (χ0n) is 12.9. The number of rotatable bonds is 7. The molecule has 5 nitrogen and oxygen atoms in total. The molecule has 0 aliphatic rings. The lowest BCUT2D eigenvalue weighted by Gasteiger charge is -2.13. The van der Waals surface area contributed by atoms with E-state index in [0.717, 1.165) is 19.3 Å². The third-order valence-corrected chi connectivity index (χ3v) is 3.93. The van der Waals surface area contributed by atoms with Gasteiger partial charge in [-0.25, -0.2) is 0 Å². The molecule has 0 amide bonds. The summed E-state index contributed by atoms with van der Waals surface area (Å²) in [4.78, 5) is 12.2. The van der Waals surface area contributed by atoms with E-state index in [1.165, 1.54) is 42.0 Å². The molecule has 2 aromatic rings. The van der Waals surface area contributed by atoms with Crippen LogP contribution in [0.3, 0.4) is 0 Å². The van der Waals surface area contributed by atoms with Gasteiger partial charge < -0.3 is 19.9 Å². The molecule has 0 fully saturated rings. The smallest absolute Gasteiger partial charge is 0.297 e. The van der Waals surface area contributed by atoms with Gasteiger partial charge in [0.1, 0.15) is 5.75 Å². The van der Waals surface area contributed by atoms with Gasteiger partial charge in [0.2, 0.25) is 5.75 Å². The Balaban J connectivity index is 2.24. The quantitative estimate of drug-likeness (QED) is 0.684. The summed E-state index contributed by atoms with van der Waals surface area (Å²) in [5, 5.41) is 29.6. The van der Waals surface area contributed by atoms with Crippen LogP contribution in [0.4, 0.5) is 0 Å². The molecule has 0 aliphatic carbocycles. The van der Waals surface area contributed by atoms with Crippen molar-refractivity contribution < 1.29 is 15.3 Å². The molecular weight excluding hydrogens is 282 g/mol. The first-order valence-electron chi connectivity index (χ1n) is 7.83. The van der Waals surface area contributed by atoms with Crippen LogP contribution in [-0.2, 0) is 6.54 Å². The maximum absolute atomic E-state index is 12.2. The Morgan fingerprint density at radius 1 is 0.955 bits per heavy atom. The van der Waals surface area contributed by atoms with E-state index in [0.29, 0.717) is 17.4 Å². The van der Waals surface area contributed by atoms with Crippen molar-refractivity contribution in [3.8, 4) is 17.2 Å². The lowest BCUT2D eigenvalue weighted by atomic mass is 10.1. The zero-order valence-corrected chi connectivity index (χ0v) is 12.9. The first-order chi connectivity index (χ1) is 10.6. The molecule has 0 saturated carbocycles. The van der Waals surface area contributed by atoms with Gasteiger partial charge in [0, 0.05) is 18.0 Å². The van der Waals surface area contributed by atoms with Crippen LogP contribution in [0.25, 0.3) is 10.9 Å². The number of unbranched alkanes of at least 4 members (excludes halogenated alkanes) is 5. The van der Waals surface area contributed by atoms with Crippen LogP contribution in [0.15, 0.2) is 23.0 Å². The van der Waals surface area contributed by atoms with Crippen LogP contribution in [0.1, 0.15) is 45.4 Å². The highest BCUT2D eigenvalue weighted by atomic mass is 16.3. The summed E-state index contributed by atoms with van der Waals surface area (Å²) in [5.74, 6) is -1.04. The molecular formula is C17H23NO4. The highest BCUT2D eigenvalue weighted by Crippen LogP contribution is 2.32. The molecule has 0 aliphatic heterocycles. The third kappa shape index (κ3) is 3.35. The van der Waals surface area contributed by atoms with Crippen molar-refractivity contribution in [1.29, 1.82) is 0 Å². The number of nitrogens with zero attached hydrogens (tertiary/aromatic N) is 1. The normalized spacial score (nSPS) is 11.1. The Morgan fingerprint density at radius 2 is 1.64 bits per heavy atom. The van der Waals surface area contributed by atoms with Gasteiger partial charge in [-0.3, -0.25) is 4.79 Å². The minimum atomic E-state index is -0.635. The molecule has 1 aromatic heterocycles. The second-order valence-electron chi connectivity index (χ2n) is 5.62. The van der Waals surface area contributed by atoms with E-state index in [4.69, 9.17) is 0 Å². The Morgan fingerprint density at radius 3 is 2.36 bits per heavy atom. The van der Waals surface area contributed by atoms with Crippen LogP contribution in [0.2, 0.25) is 0 Å². The van der Waals surface area contributed by atoms with E-state index in [1.807, 2.05) is 0 Å². The predicted octanol–water partition coefficient (Wildman–Crippen LogP) is 3.48. The lowest BCUT2D eigenvalue weighted by Crippen LogP contribution is -2.20. The van der Waals surface area contributed by atoms with E-state index in [2.05, 4.69) is 6.92 Å². The Kier molecular flexibility index (Phi) is 5.31. The number of hydrogen-bond donors (Lipinski definition) is 3. The van der Waals surface area contributed by atoms with Gasteiger partial charge in [0.15, 0.2) is 5.75 Å². The Hall–Kier alpha value is -2.17. The molecule has 5 heteroatoms. The molecule has 22 heavy (non-hydrogen) atoms. The molecule has 0 radical (unpaired) electrons. The largest absolute Gasteiger partial charge is 0.508 e. The molecule has 2 rings (SSSR count). The van der Waals surface area contributed by atoms with Gasteiger partial charge in [-0.1, -0.05) is 39.0 Å². The van der Waals surface area contributed by atoms with Crippen molar-refractivity contribution in [3.63, 3.8) is 0 Å². The number of aromatic hydroxyl groups is 3. The van der Waals surface area contributed by atoms with Crippen molar-refractivity contribution in [2.24, 2.45) is 0 Å². The maximum Gasteiger partial charge on any atom is 0.297 e. The fourth-order valence-electron chi connectivity index (χ4n) is 2.68. The number of aromatic nitrogens is 1. The molecule has 0 atom stereocenters. The number of fused-ring (bicyclic) bond motifs is 1. The summed E-state index contributed by atoms with van der Waals surface area (Å²) < 4.78 is 1.42. The van der Waals surface area contributed by atoms with Crippen molar-refractivity contribution >= 4 is 10.9 Å². The summed E-state index contributed by atoms with van der Waals surface area (Å²) in [6, 6.07) is 4.35. The first-order valence-corrected chi connectivity index (χ1v) is 7.83. The summed E-state index contributed by atoms with van der Waals surface area (Å²) in [6.45, 7) is 2.62. The highest BCUT2D eigenvalue weighted by Gasteiger charge is 2.15. The van der Waals surface area contributed by atoms with E-state index in [9.17, 15) is 20.1 Å². The lowest BCUT2D eigenvalue weighted by molar-refractivity contribution is 0.396. The summed E-state index contributed by atoms with van der Waals surface area (Å²) in [7, 11) is 0. The topological polar surface area (TPSA) is 82.7 Å². The van der Waals surface area contributed by atoms with Gasteiger partial charge in [-0.15, -0.1) is 0 Å². The average Bonchev–Trinajstić information content (AvgIpc) is 2.51. The fraction of sp³-hybridized carbons (Fsp3) is 0.471. The molecule has 1 heterocycles. The number of benzene rings is 1. The fourth-order valence-corrected chi connectivity index (χ4v) is 2.68. The standard InChI is InChI=1S/C17H23NO4/c1-2-3-4-5-6-7-10-18-14-11-12(19)8-9-13(14)15(20)16(21)17(18)22/h8-9,11,19-21H,2-7,10H2,1H3. The van der Waals surface area contributed by atoms with Crippen LogP contribution in [-0.4, -0.2) is 19.9 Å². The molecule has 120 valence electrons. The summed E-state index contributed by atoms with van der Waals surface area (Å²) in [5.41, 5.74) is -0.182. The van der Waals surface area contributed by atoms with Crippen LogP contribution in [0.5, 0.6) is 17.2 Å². The minimum Gasteiger partial charge on any atom is -0.508 e. The van der Waals surface area contributed by atoms with Crippen molar-refractivity contribution in [3.05, 3.63) is 28.6 Å². The van der Waals surface area contributed by atoms with Crippen molar-refractivity contribution in [2.45, 2.75) is 52.0 Å². The molecule has 1 aromatic carbocycles. The zero-order chi connectivity index (χ0) is 16.1. The van der Waals surface area contributed by atoms with Crippen LogP contribution >= 0.6 is 0 Å². The van der Waals surface area contributed by atoms with Crippen LogP contribution < -0.4 is 5.56 Å². The maximum atomic E-state index is 12.2. The average molecular weight is 305 g/mol. The van der Waals surface area contributed by atoms with E-state index in [1.54, 1.807) is 0 Å². The molecule has 0 bridgehead atoms. The summed E-state index contributed by atoms with van der Waals surface area (Å²) in [6.07, 6.45) is 6.54. The molecule has 3 N–H and O–H groups in total. The third-order valence-electron chi connectivity index (χ3n) is 3.93. The highest BCUT2D eigenvalue weighted by molar-refractivity contribution is 5.88. The molecule has 0 spiro atoms. The van der Waals surface area contributed by atoms with Gasteiger partial charge in [0.25, 0.3) is 5.56 Å². The second kappa shape index (κ2) is 7.20. The van der Waals surface area contributed by atoms with E-state index < -0.39 is 17.1 Å². The minimum absolute atomic E-state index is 0.0219. The monoisotopic (exact) mass is 305 g/mol. The SMILES string of the molecule is CCCCCCCCn1c(=O)c(O)c(O)c2ccc(O)cc21. The van der Waals surface area contributed by atoms with Gasteiger partial charge in [0.05, 0.1) is 5.52 Å². The number of hydrogen-bond acceptors (Lipinski definition) is 4.